The Kier molecular flexibility index (Phi) is 3.89. The molecule has 0 atom stereocenters. The van der Waals surface area contributed by atoms with Crippen LogP contribution in [0.3, 0.4) is 0 Å². The van der Waals surface area contributed by atoms with Gasteiger partial charge in [-0.1, -0.05) is 6.07 Å². The fourth-order valence-corrected chi connectivity index (χ4v) is 1.91. The number of nitrogens with one attached hydrogen (secondary N) is 1. The van der Waals surface area contributed by atoms with Gasteiger partial charge in [0.2, 0.25) is 5.88 Å². The second-order valence-electron chi connectivity index (χ2n) is 4.49. The summed E-state index contributed by atoms with van der Waals surface area (Å²) >= 11 is 0. The molecule has 0 aliphatic rings. The van der Waals surface area contributed by atoms with E-state index in [4.69, 9.17) is 10.5 Å². The van der Waals surface area contributed by atoms with E-state index >= 15 is 0 Å². The van der Waals surface area contributed by atoms with Crippen molar-refractivity contribution in [3.63, 3.8) is 0 Å². The minimum absolute atomic E-state index is 0.286. The van der Waals surface area contributed by atoms with Crippen molar-refractivity contribution < 1.29 is 9.53 Å². The van der Waals surface area contributed by atoms with Crippen LogP contribution in [-0.4, -0.2) is 18.0 Å². The first-order chi connectivity index (χ1) is 9.54. The fourth-order valence-electron chi connectivity index (χ4n) is 1.91. The Hall–Kier alpha value is -2.56. The molecule has 0 radical (unpaired) electrons. The number of amides is 1. The Balaban J connectivity index is 2.35. The predicted octanol–water partition coefficient (Wildman–Crippen LogP) is 2.54. The highest BCUT2D eigenvalue weighted by atomic mass is 16.5. The van der Waals surface area contributed by atoms with Gasteiger partial charge in [0.15, 0.2) is 0 Å². The normalized spacial score (nSPS) is 10.2. The first-order valence-electron chi connectivity index (χ1n) is 6.20. The molecule has 5 heteroatoms. The minimum Gasteiger partial charge on any atom is -0.480 e. The van der Waals surface area contributed by atoms with Crippen LogP contribution in [0.1, 0.15) is 21.5 Å². The van der Waals surface area contributed by atoms with E-state index in [1.54, 1.807) is 24.4 Å². The Labute approximate surface area is 117 Å². The number of pyridine rings is 1. The Morgan fingerprint density at radius 1 is 1.30 bits per heavy atom. The number of aryl methyl sites for hydroxylation is 1. The molecular formula is C15H17N3O2. The number of aromatic nitrogens is 1. The smallest absolute Gasteiger partial charge is 0.261 e. The molecule has 0 spiro atoms. The van der Waals surface area contributed by atoms with Crippen LogP contribution in [0.5, 0.6) is 5.88 Å². The van der Waals surface area contributed by atoms with Gasteiger partial charge in [-0.2, -0.15) is 0 Å². The van der Waals surface area contributed by atoms with E-state index in [9.17, 15) is 4.79 Å². The summed E-state index contributed by atoms with van der Waals surface area (Å²) in [7, 11) is 1.48. The van der Waals surface area contributed by atoms with E-state index in [0.29, 0.717) is 16.9 Å². The lowest BCUT2D eigenvalue weighted by Gasteiger charge is -2.14. The number of nitrogens with zero attached hydrogens (tertiary/aromatic N) is 1. The van der Waals surface area contributed by atoms with E-state index in [-0.39, 0.29) is 11.8 Å². The summed E-state index contributed by atoms with van der Waals surface area (Å²) in [5.41, 5.74) is 9.46. The van der Waals surface area contributed by atoms with Crippen molar-refractivity contribution in [1.82, 2.24) is 4.98 Å². The Morgan fingerprint density at radius 2 is 2.05 bits per heavy atom. The van der Waals surface area contributed by atoms with Crippen molar-refractivity contribution in [1.29, 1.82) is 0 Å². The molecule has 1 amide bonds. The number of methoxy groups -OCH3 is 1. The van der Waals surface area contributed by atoms with Crippen molar-refractivity contribution in [3.05, 3.63) is 47.2 Å². The summed E-state index contributed by atoms with van der Waals surface area (Å²) in [6.45, 7) is 3.89. The van der Waals surface area contributed by atoms with Gasteiger partial charge >= 0.3 is 0 Å². The molecule has 1 aromatic carbocycles. The van der Waals surface area contributed by atoms with E-state index < -0.39 is 0 Å². The lowest BCUT2D eigenvalue weighted by molar-refractivity contribution is 0.102. The van der Waals surface area contributed by atoms with Crippen LogP contribution in [0.2, 0.25) is 0 Å². The van der Waals surface area contributed by atoms with E-state index in [0.717, 1.165) is 11.1 Å². The van der Waals surface area contributed by atoms with Gasteiger partial charge in [-0.05, 0) is 43.2 Å². The summed E-state index contributed by atoms with van der Waals surface area (Å²) in [5.74, 6) is -0.00997. The van der Waals surface area contributed by atoms with Gasteiger partial charge in [-0.15, -0.1) is 0 Å². The second kappa shape index (κ2) is 5.61. The van der Waals surface area contributed by atoms with Crippen LogP contribution >= 0.6 is 0 Å². The summed E-state index contributed by atoms with van der Waals surface area (Å²) in [5, 5.41) is 2.83. The molecule has 0 saturated heterocycles. The summed E-state index contributed by atoms with van der Waals surface area (Å²) in [6.07, 6.45) is 1.57. The van der Waals surface area contributed by atoms with E-state index in [1.165, 1.54) is 7.11 Å². The molecule has 0 aliphatic carbocycles. The van der Waals surface area contributed by atoms with Gasteiger partial charge in [0, 0.05) is 6.20 Å². The zero-order valence-electron chi connectivity index (χ0n) is 11.7. The number of carbonyl (C=O) groups is 1. The lowest BCUT2D eigenvalue weighted by atomic mass is 10.1. The highest BCUT2D eigenvalue weighted by molar-refractivity contribution is 6.07. The maximum absolute atomic E-state index is 12.3. The van der Waals surface area contributed by atoms with Crippen LogP contribution in [0.15, 0.2) is 30.5 Å². The van der Waals surface area contributed by atoms with Crippen LogP contribution in [-0.2, 0) is 0 Å². The van der Waals surface area contributed by atoms with Crippen molar-refractivity contribution in [2.45, 2.75) is 13.8 Å². The molecule has 0 aliphatic heterocycles. The van der Waals surface area contributed by atoms with Gasteiger partial charge < -0.3 is 15.8 Å². The third kappa shape index (κ3) is 2.56. The molecule has 1 heterocycles. The molecule has 104 valence electrons. The molecular weight excluding hydrogens is 254 g/mol. The number of hydrogen-bond acceptors (Lipinski definition) is 4. The maximum atomic E-state index is 12.3. The molecule has 3 N–H and O–H groups in total. The zero-order valence-corrected chi connectivity index (χ0v) is 11.7. The van der Waals surface area contributed by atoms with Crippen molar-refractivity contribution in [2.75, 3.05) is 18.2 Å². The highest BCUT2D eigenvalue weighted by Crippen LogP contribution is 2.27. The van der Waals surface area contributed by atoms with Crippen LogP contribution < -0.4 is 15.8 Å². The van der Waals surface area contributed by atoms with Gasteiger partial charge in [0.25, 0.3) is 5.91 Å². The average Bonchev–Trinajstić information content (AvgIpc) is 2.47. The largest absolute Gasteiger partial charge is 0.480 e. The van der Waals surface area contributed by atoms with Gasteiger partial charge in [0.05, 0.1) is 18.5 Å². The Morgan fingerprint density at radius 3 is 2.75 bits per heavy atom. The number of rotatable bonds is 3. The molecule has 1 aromatic heterocycles. The molecule has 5 nitrogen and oxygen atoms in total. The predicted molar refractivity (Wildman–Crippen MR) is 79.1 cm³/mol. The van der Waals surface area contributed by atoms with E-state index in [1.807, 2.05) is 19.9 Å². The van der Waals surface area contributed by atoms with Gasteiger partial charge in [0.1, 0.15) is 5.56 Å². The number of anilines is 2. The fraction of sp³-hybridized carbons (Fsp3) is 0.200. The van der Waals surface area contributed by atoms with E-state index in [2.05, 4.69) is 10.3 Å². The quantitative estimate of drug-likeness (QED) is 0.841. The molecule has 0 fully saturated rings. The molecule has 0 unspecified atom stereocenters. The van der Waals surface area contributed by atoms with Crippen LogP contribution in [0, 0.1) is 13.8 Å². The minimum atomic E-state index is -0.296. The number of hydrogen-bond donors (Lipinski definition) is 2. The lowest BCUT2D eigenvalue weighted by Crippen LogP contribution is -2.16. The number of nitrogen functional groups attached to an aromatic ring is 1. The van der Waals surface area contributed by atoms with Crippen molar-refractivity contribution >= 4 is 17.3 Å². The second-order valence-corrected chi connectivity index (χ2v) is 4.49. The van der Waals surface area contributed by atoms with Crippen LogP contribution in [0.4, 0.5) is 11.4 Å². The van der Waals surface area contributed by atoms with Gasteiger partial charge in [-0.25, -0.2) is 4.98 Å². The Bertz CT molecular complexity index is 654. The monoisotopic (exact) mass is 271 g/mol. The topological polar surface area (TPSA) is 77.2 Å². The van der Waals surface area contributed by atoms with Crippen molar-refractivity contribution in [3.8, 4) is 5.88 Å². The maximum Gasteiger partial charge on any atom is 0.261 e. The van der Waals surface area contributed by atoms with Gasteiger partial charge in [-0.3, -0.25) is 4.79 Å². The summed E-state index contributed by atoms with van der Waals surface area (Å²) in [6, 6.07) is 7.04. The summed E-state index contributed by atoms with van der Waals surface area (Å²) in [4.78, 5) is 16.3. The number of ether oxygens (including phenoxy) is 1. The SMILES string of the molecule is COc1ncccc1C(=O)Nc1c(N)ccc(C)c1C. The highest BCUT2D eigenvalue weighted by Gasteiger charge is 2.15. The number of carbonyl (C=O) groups excluding carboxylic acids is 1. The third-order valence-corrected chi connectivity index (χ3v) is 3.22. The average molecular weight is 271 g/mol. The molecule has 20 heavy (non-hydrogen) atoms. The first-order valence-corrected chi connectivity index (χ1v) is 6.20. The number of benzene rings is 1. The van der Waals surface area contributed by atoms with Crippen LogP contribution in [0.25, 0.3) is 0 Å². The molecule has 2 rings (SSSR count). The zero-order chi connectivity index (χ0) is 14.7. The molecule has 0 saturated carbocycles. The standard InChI is InChI=1S/C15H17N3O2/c1-9-6-7-12(16)13(10(9)2)18-14(19)11-5-4-8-17-15(11)20-3/h4-8H,16H2,1-3H3,(H,18,19). The summed E-state index contributed by atoms with van der Waals surface area (Å²) < 4.78 is 5.09. The first kappa shape index (κ1) is 13.9. The molecule has 2 aromatic rings. The van der Waals surface area contributed by atoms with Crippen molar-refractivity contribution in [2.24, 2.45) is 0 Å². The third-order valence-electron chi connectivity index (χ3n) is 3.22. The molecule has 0 bridgehead atoms. The number of nitrogens with two attached hydrogens (primary N) is 1.